The molecule has 7 heteroatoms. The molecule has 0 spiro atoms. The molecule has 0 aliphatic carbocycles. The van der Waals surface area contributed by atoms with Gasteiger partial charge in [0.15, 0.2) is 0 Å². The summed E-state index contributed by atoms with van der Waals surface area (Å²) in [5, 5.41) is 2.69. The van der Waals surface area contributed by atoms with Gasteiger partial charge in [0.1, 0.15) is 17.7 Å². The van der Waals surface area contributed by atoms with Gasteiger partial charge in [0, 0.05) is 20.1 Å². The number of H-pyrrole nitrogens is 1. The van der Waals surface area contributed by atoms with Crippen molar-refractivity contribution < 1.29 is 13.9 Å². The van der Waals surface area contributed by atoms with E-state index in [0.717, 1.165) is 0 Å². The van der Waals surface area contributed by atoms with Crippen LogP contribution in [-0.4, -0.2) is 42.2 Å². The Balaban J connectivity index is 1.88. The summed E-state index contributed by atoms with van der Waals surface area (Å²) in [4.78, 5) is 18.9. The summed E-state index contributed by atoms with van der Waals surface area (Å²) >= 11 is 0. The molecule has 0 radical (unpaired) electrons. The van der Waals surface area contributed by atoms with Crippen LogP contribution >= 0.6 is 0 Å². The van der Waals surface area contributed by atoms with Crippen molar-refractivity contribution in [2.45, 2.75) is 12.5 Å². The highest BCUT2D eigenvalue weighted by Crippen LogP contribution is 2.12. The molecule has 1 unspecified atom stereocenters. The molecule has 6 nitrogen and oxygen atoms in total. The minimum Gasteiger partial charge on any atom is -0.383 e. The Hall–Kier alpha value is -1.99. The fourth-order valence-corrected chi connectivity index (χ4v) is 1.84. The molecule has 1 amide bonds. The topological polar surface area (TPSA) is 93.0 Å². The number of nitrogens with one attached hydrogen (secondary N) is 2. The summed E-state index contributed by atoms with van der Waals surface area (Å²) in [5.41, 5.74) is 6.92. The predicted molar refractivity (Wildman–Crippen MR) is 72.6 cm³/mol. The molecule has 1 aromatic carbocycles. The number of aromatic amines is 1. The van der Waals surface area contributed by atoms with Crippen LogP contribution < -0.4 is 11.1 Å². The van der Waals surface area contributed by atoms with Crippen LogP contribution in [0.15, 0.2) is 18.2 Å². The second-order valence-electron chi connectivity index (χ2n) is 4.45. The van der Waals surface area contributed by atoms with E-state index in [9.17, 15) is 9.18 Å². The fraction of sp³-hybridized carbons (Fsp3) is 0.385. The Morgan fingerprint density at radius 3 is 3.15 bits per heavy atom. The molecule has 20 heavy (non-hydrogen) atoms. The predicted octanol–water partition coefficient (Wildman–Crippen LogP) is 0.334. The van der Waals surface area contributed by atoms with Crippen LogP contribution in [0.4, 0.5) is 4.39 Å². The third kappa shape index (κ3) is 3.52. The molecule has 108 valence electrons. The minimum absolute atomic E-state index is 0.176. The number of hydrogen-bond donors (Lipinski definition) is 3. The van der Waals surface area contributed by atoms with E-state index in [0.29, 0.717) is 29.8 Å². The van der Waals surface area contributed by atoms with Crippen LogP contribution in [0.1, 0.15) is 5.82 Å². The normalized spacial score (nSPS) is 12.6. The van der Waals surface area contributed by atoms with Gasteiger partial charge in [0.2, 0.25) is 5.91 Å². The first-order chi connectivity index (χ1) is 9.60. The molecule has 1 heterocycles. The maximum absolute atomic E-state index is 13.0. The van der Waals surface area contributed by atoms with E-state index in [1.165, 1.54) is 19.2 Å². The molecule has 0 fully saturated rings. The molecule has 0 aliphatic heterocycles. The van der Waals surface area contributed by atoms with Gasteiger partial charge >= 0.3 is 0 Å². The highest BCUT2D eigenvalue weighted by Gasteiger charge is 2.12. The third-order valence-corrected chi connectivity index (χ3v) is 2.84. The van der Waals surface area contributed by atoms with Crippen molar-refractivity contribution in [2.75, 3.05) is 20.3 Å². The van der Waals surface area contributed by atoms with E-state index < -0.39 is 6.04 Å². The standard InChI is InChI=1S/C13H17FN4O2/c1-20-7-9(15)13(19)16-5-4-12-17-10-3-2-8(14)6-11(10)18-12/h2-3,6,9H,4-5,7,15H2,1H3,(H,16,19)(H,17,18). The summed E-state index contributed by atoms with van der Waals surface area (Å²) in [6.07, 6.45) is 0.516. The van der Waals surface area contributed by atoms with Gasteiger partial charge in [-0.3, -0.25) is 4.79 Å². The quantitative estimate of drug-likeness (QED) is 0.711. The number of nitrogens with two attached hydrogens (primary N) is 1. The molecule has 0 bridgehead atoms. The van der Waals surface area contributed by atoms with E-state index >= 15 is 0 Å². The maximum Gasteiger partial charge on any atom is 0.239 e. The summed E-state index contributed by atoms with van der Waals surface area (Å²) in [6, 6.07) is 3.68. The molecule has 1 aromatic heterocycles. The molecule has 2 rings (SSSR count). The van der Waals surface area contributed by atoms with Crippen LogP contribution in [-0.2, 0) is 16.0 Å². The second kappa shape index (κ2) is 6.44. The number of rotatable bonds is 6. The smallest absolute Gasteiger partial charge is 0.239 e. The lowest BCUT2D eigenvalue weighted by atomic mass is 10.3. The summed E-state index contributed by atoms with van der Waals surface area (Å²) in [5.74, 6) is 0.103. The lowest BCUT2D eigenvalue weighted by Crippen LogP contribution is -2.44. The number of fused-ring (bicyclic) bond motifs is 1. The zero-order valence-electron chi connectivity index (χ0n) is 11.1. The molecule has 0 aliphatic rings. The summed E-state index contributed by atoms with van der Waals surface area (Å²) in [6.45, 7) is 0.578. The number of ether oxygens (including phenoxy) is 1. The Morgan fingerprint density at radius 2 is 2.40 bits per heavy atom. The van der Waals surface area contributed by atoms with Crippen LogP contribution in [0.25, 0.3) is 11.0 Å². The Labute approximate surface area is 115 Å². The molecule has 0 saturated carbocycles. The Bertz CT molecular complexity index is 599. The van der Waals surface area contributed by atoms with Gasteiger partial charge in [-0.1, -0.05) is 0 Å². The average molecular weight is 280 g/mol. The van der Waals surface area contributed by atoms with Gasteiger partial charge in [-0.05, 0) is 18.2 Å². The SMILES string of the molecule is COCC(N)C(=O)NCCc1nc2ccc(F)cc2[nH]1. The number of methoxy groups -OCH3 is 1. The van der Waals surface area contributed by atoms with Crippen molar-refractivity contribution in [3.8, 4) is 0 Å². The van der Waals surface area contributed by atoms with Crippen molar-refractivity contribution in [2.24, 2.45) is 5.73 Å². The lowest BCUT2D eigenvalue weighted by molar-refractivity contribution is -0.123. The molecule has 4 N–H and O–H groups in total. The van der Waals surface area contributed by atoms with Crippen molar-refractivity contribution in [3.63, 3.8) is 0 Å². The van der Waals surface area contributed by atoms with Gasteiger partial charge in [-0.2, -0.15) is 0 Å². The molecule has 1 atom stereocenters. The van der Waals surface area contributed by atoms with Gasteiger partial charge in [-0.25, -0.2) is 9.37 Å². The lowest BCUT2D eigenvalue weighted by Gasteiger charge is -2.10. The van der Waals surface area contributed by atoms with Crippen molar-refractivity contribution >= 4 is 16.9 Å². The number of hydrogen-bond acceptors (Lipinski definition) is 4. The third-order valence-electron chi connectivity index (χ3n) is 2.84. The second-order valence-corrected chi connectivity index (χ2v) is 4.45. The zero-order valence-corrected chi connectivity index (χ0v) is 11.1. The monoisotopic (exact) mass is 280 g/mol. The Kier molecular flexibility index (Phi) is 4.65. The number of carbonyl (C=O) groups is 1. The number of carbonyl (C=O) groups excluding carboxylic acids is 1. The van der Waals surface area contributed by atoms with Crippen molar-refractivity contribution in [1.82, 2.24) is 15.3 Å². The first kappa shape index (κ1) is 14.4. The fourth-order valence-electron chi connectivity index (χ4n) is 1.84. The van der Waals surface area contributed by atoms with Gasteiger partial charge in [0.25, 0.3) is 0 Å². The number of halogens is 1. The number of nitrogens with zero attached hydrogens (tertiary/aromatic N) is 1. The first-order valence-corrected chi connectivity index (χ1v) is 6.26. The van der Waals surface area contributed by atoms with E-state index in [1.807, 2.05) is 0 Å². The highest BCUT2D eigenvalue weighted by molar-refractivity contribution is 5.81. The van der Waals surface area contributed by atoms with Gasteiger partial charge < -0.3 is 20.8 Å². The number of amides is 1. The zero-order chi connectivity index (χ0) is 14.5. The van der Waals surface area contributed by atoms with Crippen LogP contribution in [0.2, 0.25) is 0 Å². The molecule has 2 aromatic rings. The van der Waals surface area contributed by atoms with E-state index in [2.05, 4.69) is 15.3 Å². The average Bonchev–Trinajstić information content (AvgIpc) is 2.80. The largest absolute Gasteiger partial charge is 0.383 e. The molecular formula is C13H17FN4O2. The van der Waals surface area contributed by atoms with Crippen molar-refractivity contribution in [3.05, 3.63) is 29.8 Å². The van der Waals surface area contributed by atoms with Crippen LogP contribution in [0.3, 0.4) is 0 Å². The summed E-state index contributed by atoms with van der Waals surface area (Å²) in [7, 11) is 1.49. The Morgan fingerprint density at radius 1 is 1.60 bits per heavy atom. The first-order valence-electron chi connectivity index (χ1n) is 6.26. The van der Waals surface area contributed by atoms with E-state index in [1.54, 1.807) is 6.07 Å². The summed E-state index contributed by atoms with van der Waals surface area (Å²) < 4.78 is 17.8. The van der Waals surface area contributed by atoms with E-state index in [-0.39, 0.29) is 18.3 Å². The van der Waals surface area contributed by atoms with Gasteiger partial charge in [-0.15, -0.1) is 0 Å². The van der Waals surface area contributed by atoms with E-state index in [4.69, 9.17) is 10.5 Å². The van der Waals surface area contributed by atoms with Crippen molar-refractivity contribution in [1.29, 1.82) is 0 Å². The molecule has 0 saturated heterocycles. The minimum atomic E-state index is -0.676. The van der Waals surface area contributed by atoms with Crippen LogP contribution in [0, 0.1) is 5.82 Å². The number of benzene rings is 1. The number of imidazole rings is 1. The maximum atomic E-state index is 13.0. The molecular weight excluding hydrogens is 263 g/mol. The number of aromatic nitrogens is 2. The van der Waals surface area contributed by atoms with Gasteiger partial charge in [0.05, 0.1) is 17.6 Å². The highest BCUT2D eigenvalue weighted by atomic mass is 19.1. The van der Waals surface area contributed by atoms with Crippen LogP contribution in [0.5, 0.6) is 0 Å².